The Balaban J connectivity index is 3.52. The minimum absolute atomic E-state index is 0.0195. The quantitative estimate of drug-likeness (QED) is 0.382. The van der Waals surface area contributed by atoms with Crippen molar-refractivity contribution in [2.75, 3.05) is 12.3 Å². The molecule has 0 aromatic rings. The van der Waals surface area contributed by atoms with Crippen molar-refractivity contribution in [2.24, 2.45) is 0 Å². The van der Waals surface area contributed by atoms with Gasteiger partial charge in [-0.25, -0.2) is 0 Å². The van der Waals surface area contributed by atoms with Crippen LogP contribution in [-0.2, 0) is 0 Å². The Morgan fingerprint density at radius 2 is 1.88 bits per heavy atom. The number of thiol groups is 1. The maximum Gasteiger partial charge on any atom is 0.0677 e. The second kappa shape index (κ2) is 4.72. The van der Waals surface area contributed by atoms with Crippen LogP contribution >= 0.6 is 32.8 Å². The molecule has 0 nitrogen and oxygen atoms in total. The lowest BCUT2D eigenvalue weighted by Crippen LogP contribution is -1.86. The van der Waals surface area contributed by atoms with E-state index in [1.165, 1.54) is 12.3 Å². The summed E-state index contributed by atoms with van der Waals surface area (Å²) in [6.45, 7) is 4.33. The van der Waals surface area contributed by atoms with Crippen LogP contribution in [0.5, 0.6) is 0 Å². The fourth-order valence-electron chi connectivity index (χ4n) is 0.494. The molecule has 48 valence electrons. The van der Waals surface area contributed by atoms with Gasteiger partial charge in [0.2, 0.25) is 0 Å². The maximum absolute atomic E-state index is 4.91. The molecule has 0 amide bonds. The van der Waals surface area contributed by atoms with Gasteiger partial charge in [-0.3, -0.25) is 0 Å². The Labute approximate surface area is 63.2 Å². The molecule has 0 aliphatic heterocycles. The topological polar surface area (TPSA) is 0 Å². The second-order valence-electron chi connectivity index (χ2n) is 1.45. The molecule has 0 spiro atoms. The highest BCUT2D eigenvalue weighted by Crippen LogP contribution is 2.37. The van der Waals surface area contributed by atoms with E-state index >= 15 is 0 Å². The van der Waals surface area contributed by atoms with E-state index in [0.29, 0.717) is 0 Å². The molecule has 8 heavy (non-hydrogen) atoms. The number of rotatable bonds is 3. The van der Waals surface area contributed by atoms with Gasteiger partial charge >= 0.3 is 0 Å². The predicted octanol–water partition coefficient (Wildman–Crippen LogP) is 2.72. The summed E-state index contributed by atoms with van der Waals surface area (Å²) in [6, 6.07) is 0. The van der Waals surface area contributed by atoms with Crippen LogP contribution in [0.3, 0.4) is 0 Å². The molecule has 0 aliphatic rings. The van der Waals surface area contributed by atoms with Gasteiger partial charge in [0.05, 0.1) is 3.94 Å². The fourth-order valence-corrected chi connectivity index (χ4v) is 3.11. The summed E-state index contributed by atoms with van der Waals surface area (Å²) in [5.41, 5.74) is 0. The van der Waals surface area contributed by atoms with Gasteiger partial charge in [-0.2, -0.15) is 0 Å². The zero-order valence-electron chi connectivity index (χ0n) is 5.22. The summed E-state index contributed by atoms with van der Waals surface area (Å²) < 4.78 is 0.921. The summed E-state index contributed by atoms with van der Waals surface area (Å²) in [4.78, 5) is 0. The number of thiocarbonyl (C=S) groups is 1. The molecule has 0 radical (unpaired) electrons. The van der Waals surface area contributed by atoms with Crippen molar-refractivity contribution in [3.8, 4) is 0 Å². The van der Waals surface area contributed by atoms with E-state index in [-0.39, 0.29) is 7.92 Å². The summed E-state index contributed by atoms with van der Waals surface area (Å²) in [6.07, 6.45) is 2.38. The van der Waals surface area contributed by atoms with Gasteiger partial charge in [0.1, 0.15) is 0 Å². The Hall–Kier alpha value is 0.870. The largest absolute Gasteiger partial charge is 0.132 e. The highest BCUT2D eigenvalue weighted by atomic mass is 32.1. The first-order chi connectivity index (χ1) is 3.72. The van der Waals surface area contributed by atoms with Crippen molar-refractivity contribution in [3.05, 3.63) is 0 Å². The second-order valence-corrected chi connectivity index (χ2v) is 6.06. The summed E-state index contributed by atoms with van der Waals surface area (Å²) >= 11 is 9.02. The first-order valence-corrected chi connectivity index (χ1v) is 5.27. The first kappa shape index (κ1) is 8.87. The van der Waals surface area contributed by atoms with Crippen LogP contribution in [0.4, 0.5) is 0 Å². The minimum Gasteiger partial charge on any atom is -0.132 e. The summed E-state index contributed by atoms with van der Waals surface area (Å²) in [5, 5.41) is 0. The SMILES string of the molecule is CCP(CC)C(=S)S. The van der Waals surface area contributed by atoms with E-state index in [4.69, 9.17) is 12.2 Å². The van der Waals surface area contributed by atoms with Crippen molar-refractivity contribution in [1.82, 2.24) is 0 Å². The molecular weight excluding hydrogens is 155 g/mol. The standard InChI is InChI=1S/C5H11PS2/c1-3-6(4-2)5(7)8/h3-4H2,1-2H3,(H,7,8). The van der Waals surface area contributed by atoms with Crippen molar-refractivity contribution in [1.29, 1.82) is 0 Å². The lowest BCUT2D eigenvalue weighted by molar-refractivity contribution is 1.43. The molecule has 0 aromatic heterocycles. The molecule has 0 fully saturated rings. The minimum atomic E-state index is -0.0195. The van der Waals surface area contributed by atoms with Gasteiger partial charge in [0, 0.05) is 0 Å². The average molecular weight is 166 g/mol. The van der Waals surface area contributed by atoms with E-state index in [1.54, 1.807) is 0 Å². The van der Waals surface area contributed by atoms with Crippen LogP contribution in [0.25, 0.3) is 0 Å². The van der Waals surface area contributed by atoms with Crippen molar-refractivity contribution >= 4 is 36.7 Å². The highest BCUT2D eigenvalue weighted by Gasteiger charge is 2.02. The highest BCUT2D eigenvalue weighted by molar-refractivity contribution is 8.27. The van der Waals surface area contributed by atoms with Gasteiger partial charge in [0.15, 0.2) is 0 Å². The molecule has 0 saturated heterocycles. The monoisotopic (exact) mass is 166 g/mol. The third-order valence-corrected chi connectivity index (χ3v) is 4.73. The van der Waals surface area contributed by atoms with Crippen LogP contribution in [0.2, 0.25) is 0 Å². The molecule has 0 bridgehead atoms. The van der Waals surface area contributed by atoms with E-state index in [2.05, 4.69) is 26.5 Å². The molecule has 0 saturated carbocycles. The summed E-state index contributed by atoms with van der Waals surface area (Å²) in [7, 11) is -0.0195. The molecule has 0 rings (SSSR count). The van der Waals surface area contributed by atoms with Crippen LogP contribution < -0.4 is 0 Å². The van der Waals surface area contributed by atoms with Gasteiger partial charge in [0.25, 0.3) is 0 Å². The van der Waals surface area contributed by atoms with Gasteiger partial charge in [-0.1, -0.05) is 34.0 Å². The van der Waals surface area contributed by atoms with Crippen molar-refractivity contribution < 1.29 is 0 Å². The van der Waals surface area contributed by atoms with Gasteiger partial charge < -0.3 is 0 Å². The Morgan fingerprint density at radius 3 is 1.88 bits per heavy atom. The fraction of sp³-hybridized carbons (Fsp3) is 0.800. The molecule has 0 N–H and O–H groups in total. The Morgan fingerprint density at radius 1 is 1.50 bits per heavy atom. The first-order valence-electron chi connectivity index (χ1n) is 2.70. The zero-order valence-corrected chi connectivity index (χ0v) is 7.82. The van der Waals surface area contributed by atoms with Crippen molar-refractivity contribution in [2.45, 2.75) is 13.8 Å². The normalized spacial score (nSPS) is 10.0. The molecule has 0 aromatic carbocycles. The van der Waals surface area contributed by atoms with E-state index in [0.717, 1.165) is 3.94 Å². The smallest absolute Gasteiger partial charge is 0.0677 e. The third-order valence-electron chi connectivity index (χ3n) is 1.03. The average Bonchev–Trinajstić information content (AvgIpc) is 1.69. The molecule has 3 heteroatoms. The van der Waals surface area contributed by atoms with Crippen LogP contribution in [-0.4, -0.2) is 16.3 Å². The third kappa shape index (κ3) is 3.01. The van der Waals surface area contributed by atoms with E-state index in [9.17, 15) is 0 Å². The van der Waals surface area contributed by atoms with Gasteiger partial charge in [-0.15, -0.1) is 12.6 Å². The summed E-state index contributed by atoms with van der Waals surface area (Å²) in [5.74, 6) is 0. The van der Waals surface area contributed by atoms with Crippen molar-refractivity contribution in [3.63, 3.8) is 0 Å². The number of hydrogen-bond acceptors (Lipinski definition) is 1. The van der Waals surface area contributed by atoms with Gasteiger partial charge in [-0.05, 0) is 12.3 Å². The van der Waals surface area contributed by atoms with E-state index < -0.39 is 0 Å². The molecule has 0 atom stereocenters. The lowest BCUT2D eigenvalue weighted by Gasteiger charge is -2.07. The Bertz CT molecular complexity index is 78.5. The Kier molecular flexibility index (Phi) is 5.23. The maximum atomic E-state index is 4.91. The molecular formula is C5H11PS2. The lowest BCUT2D eigenvalue weighted by atomic mass is 11.0. The van der Waals surface area contributed by atoms with Crippen LogP contribution in [0.1, 0.15) is 13.8 Å². The molecule has 0 unspecified atom stereocenters. The molecule has 0 aliphatic carbocycles. The zero-order chi connectivity index (χ0) is 6.57. The predicted molar refractivity (Wildman–Crippen MR) is 49.6 cm³/mol. The van der Waals surface area contributed by atoms with Crippen LogP contribution in [0.15, 0.2) is 0 Å². The van der Waals surface area contributed by atoms with E-state index in [1.807, 2.05) is 0 Å². The van der Waals surface area contributed by atoms with Crippen LogP contribution in [0, 0.1) is 0 Å². The number of hydrogen-bond donors (Lipinski definition) is 1. The molecule has 0 heterocycles.